The molecule has 1 aliphatic rings. The van der Waals surface area contributed by atoms with E-state index in [4.69, 9.17) is 4.74 Å². The summed E-state index contributed by atoms with van der Waals surface area (Å²) in [7, 11) is 1.64. The van der Waals surface area contributed by atoms with Gasteiger partial charge in [0.15, 0.2) is 5.16 Å². The van der Waals surface area contributed by atoms with Gasteiger partial charge in [0.25, 0.3) is 0 Å². The standard InChI is InChI=1S/C21H24N4O2S/c1-27-17-9-10-18-19(13-17)24-21(23-18)28-14-20(26)22-15-5-7-16(8-6-15)25-11-3-2-4-12-25/h5-10,13H,2-4,11-12,14H2,1H3,(H,22,26)(H,23,24). The van der Waals surface area contributed by atoms with Crippen LogP contribution in [0.25, 0.3) is 11.0 Å². The molecule has 1 saturated heterocycles. The van der Waals surface area contributed by atoms with E-state index < -0.39 is 0 Å². The maximum absolute atomic E-state index is 12.3. The van der Waals surface area contributed by atoms with Gasteiger partial charge in [0.05, 0.1) is 23.9 Å². The number of methoxy groups -OCH3 is 1. The van der Waals surface area contributed by atoms with Crippen molar-refractivity contribution in [2.75, 3.05) is 36.2 Å². The zero-order valence-electron chi connectivity index (χ0n) is 15.9. The molecular weight excluding hydrogens is 372 g/mol. The second-order valence-corrected chi connectivity index (χ2v) is 7.82. The number of anilines is 2. The quantitative estimate of drug-likeness (QED) is 0.608. The summed E-state index contributed by atoms with van der Waals surface area (Å²) in [6.45, 7) is 2.23. The van der Waals surface area contributed by atoms with Crippen molar-refractivity contribution in [2.24, 2.45) is 0 Å². The number of rotatable bonds is 6. The zero-order valence-corrected chi connectivity index (χ0v) is 16.7. The molecule has 146 valence electrons. The van der Waals surface area contributed by atoms with Gasteiger partial charge in [0, 0.05) is 30.5 Å². The summed E-state index contributed by atoms with van der Waals surface area (Å²) in [5.41, 5.74) is 3.80. The fourth-order valence-corrected chi connectivity index (χ4v) is 4.08. The summed E-state index contributed by atoms with van der Waals surface area (Å²) in [5, 5.41) is 3.68. The molecule has 0 atom stereocenters. The first-order valence-electron chi connectivity index (χ1n) is 9.53. The molecule has 1 aliphatic heterocycles. The Kier molecular flexibility index (Phi) is 5.71. The lowest BCUT2D eigenvalue weighted by Gasteiger charge is -2.28. The van der Waals surface area contributed by atoms with Gasteiger partial charge in [-0.15, -0.1) is 0 Å². The summed E-state index contributed by atoms with van der Waals surface area (Å²) in [6, 6.07) is 13.8. The number of H-pyrrole nitrogens is 1. The Balaban J connectivity index is 1.31. The predicted molar refractivity (Wildman–Crippen MR) is 115 cm³/mol. The third kappa shape index (κ3) is 4.42. The summed E-state index contributed by atoms with van der Waals surface area (Å²) >= 11 is 1.39. The predicted octanol–water partition coefficient (Wildman–Crippen LogP) is 4.29. The third-order valence-corrected chi connectivity index (χ3v) is 5.75. The molecule has 0 bridgehead atoms. The van der Waals surface area contributed by atoms with Crippen LogP contribution >= 0.6 is 11.8 Å². The van der Waals surface area contributed by atoms with Gasteiger partial charge in [-0.05, 0) is 55.7 Å². The fraction of sp³-hybridized carbons (Fsp3) is 0.333. The molecule has 1 fully saturated rings. The van der Waals surface area contributed by atoms with Crippen molar-refractivity contribution < 1.29 is 9.53 Å². The van der Waals surface area contributed by atoms with Crippen molar-refractivity contribution in [3.63, 3.8) is 0 Å². The van der Waals surface area contributed by atoms with E-state index in [0.29, 0.717) is 5.75 Å². The Morgan fingerprint density at radius 1 is 1.18 bits per heavy atom. The minimum atomic E-state index is -0.0474. The number of aromatic amines is 1. The van der Waals surface area contributed by atoms with Gasteiger partial charge in [-0.1, -0.05) is 11.8 Å². The highest BCUT2D eigenvalue weighted by Gasteiger charge is 2.11. The van der Waals surface area contributed by atoms with E-state index in [9.17, 15) is 4.79 Å². The number of nitrogens with zero attached hydrogens (tertiary/aromatic N) is 2. The average Bonchev–Trinajstić information content (AvgIpc) is 3.15. The number of benzene rings is 2. The Morgan fingerprint density at radius 2 is 1.96 bits per heavy atom. The number of imidazole rings is 1. The van der Waals surface area contributed by atoms with Crippen LogP contribution in [0, 0.1) is 0 Å². The minimum absolute atomic E-state index is 0.0474. The SMILES string of the molecule is COc1ccc2nc(SCC(=O)Nc3ccc(N4CCCCC4)cc3)[nH]c2c1. The number of ether oxygens (including phenoxy) is 1. The molecule has 0 aliphatic carbocycles. The number of amides is 1. The molecule has 0 spiro atoms. The van der Waals surface area contributed by atoms with Gasteiger partial charge >= 0.3 is 0 Å². The van der Waals surface area contributed by atoms with Crippen LogP contribution in [0.5, 0.6) is 5.75 Å². The number of hydrogen-bond acceptors (Lipinski definition) is 5. The van der Waals surface area contributed by atoms with E-state index in [1.807, 2.05) is 30.3 Å². The number of nitrogens with one attached hydrogen (secondary N) is 2. The molecule has 28 heavy (non-hydrogen) atoms. The highest BCUT2D eigenvalue weighted by atomic mass is 32.2. The molecule has 2 aromatic carbocycles. The molecule has 7 heteroatoms. The number of fused-ring (bicyclic) bond motifs is 1. The molecule has 0 radical (unpaired) electrons. The Bertz CT molecular complexity index is 949. The Hall–Kier alpha value is -2.67. The minimum Gasteiger partial charge on any atom is -0.497 e. The van der Waals surface area contributed by atoms with Gasteiger partial charge in [0.1, 0.15) is 5.75 Å². The van der Waals surface area contributed by atoms with Crippen LogP contribution in [0.15, 0.2) is 47.6 Å². The molecule has 1 aromatic heterocycles. The maximum Gasteiger partial charge on any atom is 0.234 e. The molecule has 2 heterocycles. The van der Waals surface area contributed by atoms with Gasteiger partial charge in [0.2, 0.25) is 5.91 Å². The van der Waals surface area contributed by atoms with Crippen molar-refractivity contribution >= 4 is 40.1 Å². The first-order valence-corrected chi connectivity index (χ1v) is 10.5. The van der Waals surface area contributed by atoms with Crippen LogP contribution in [0.4, 0.5) is 11.4 Å². The number of hydrogen-bond donors (Lipinski definition) is 2. The fourth-order valence-electron chi connectivity index (χ4n) is 3.40. The first kappa shape index (κ1) is 18.7. The van der Waals surface area contributed by atoms with Crippen LogP contribution in [0.1, 0.15) is 19.3 Å². The topological polar surface area (TPSA) is 70.2 Å². The van der Waals surface area contributed by atoms with Gasteiger partial charge in [-0.2, -0.15) is 0 Å². The summed E-state index contributed by atoms with van der Waals surface area (Å²) < 4.78 is 5.22. The lowest BCUT2D eigenvalue weighted by molar-refractivity contribution is -0.113. The van der Waals surface area contributed by atoms with Crippen molar-refractivity contribution in [2.45, 2.75) is 24.4 Å². The lowest BCUT2D eigenvalue weighted by Crippen LogP contribution is -2.29. The molecule has 1 amide bonds. The number of thioether (sulfide) groups is 1. The van der Waals surface area contributed by atoms with Crippen molar-refractivity contribution in [3.05, 3.63) is 42.5 Å². The molecule has 6 nitrogen and oxygen atoms in total. The number of piperidine rings is 1. The molecule has 2 N–H and O–H groups in total. The normalized spacial score (nSPS) is 14.2. The van der Waals surface area contributed by atoms with Gasteiger partial charge < -0.3 is 19.9 Å². The lowest BCUT2D eigenvalue weighted by atomic mass is 10.1. The number of carbonyl (C=O) groups is 1. The van der Waals surface area contributed by atoms with Crippen molar-refractivity contribution in [1.82, 2.24) is 9.97 Å². The van der Waals surface area contributed by atoms with Crippen LogP contribution in [-0.2, 0) is 4.79 Å². The maximum atomic E-state index is 12.3. The Labute approximate surface area is 168 Å². The first-order chi connectivity index (χ1) is 13.7. The summed E-state index contributed by atoms with van der Waals surface area (Å²) in [5.74, 6) is 1.03. The van der Waals surface area contributed by atoms with Crippen molar-refractivity contribution in [3.8, 4) is 5.75 Å². The van der Waals surface area contributed by atoms with E-state index in [1.165, 1.54) is 36.7 Å². The van der Waals surface area contributed by atoms with Crippen molar-refractivity contribution in [1.29, 1.82) is 0 Å². The molecule has 0 unspecified atom stereocenters. The second kappa shape index (κ2) is 8.56. The third-order valence-electron chi connectivity index (χ3n) is 4.88. The van der Waals surface area contributed by atoms with Crippen LogP contribution in [0.3, 0.4) is 0 Å². The Morgan fingerprint density at radius 3 is 2.71 bits per heavy atom. The average molecular weight is 397 g/mol. The highest BCUT2D eigenvalue weighted by molar-refractivity contribution is 7.99. The second-order valence-electron chi connectivity index (χ2n) is 6.86. The number of carbonyl (C=O) groups excluding carboxylic acids is 1. The van der Waals surface area contributed by atoms with E-state index in [0.717, 1.165) is 40.7 Å². The van der Waals surface area contributed by atoms with E-state index >= 15 is 0 Å². The van der Waals surface area contributed by atoms with E-state index in [2.05, 4.69) is 32.3 Å². The van der Waals surface area contributed by atoms with Crippen LogP contribution in [0.2, 0.25) is 0 Å². The summed E-state index contributed by atoms with van der Waals surface area (Å²) in [4.78, 5) is 22.4. The van der Waals surface area contributed by atoms with Crippen LogP contribution < -0.4 is 15.0 Å². The monoisotopic (exact) mass is 396 g/mol. The molecule has 0 saturated carbocycles. The smallest absolute Gasteiger partial charge is 0.234 e. The zero-order chi connectivity index (χ0) is 19.3. The largest absolute Gasteiger partial charge is 0.497 e. The summed E-state index contributed by atoms with van der Waals surface area (Å²) in [6.07, 6.45) is 3.83. The van der Waals surface area contributed by atoms with E-state index in [1.54, 1.807) is 7.11 Å². The van der Waals surface area contributed by atoms with Gasteiger partial charge in [-0.3, -0.25) is 4.79 Å². The van der Waals surface area contributed by atoms with Crippen LogP contribution in [-0.4, -0.2) is 41.8 Å². The highest BCUT2D eigenvalue weighted by Crippen LogP contribution is 2.24. The molecule has 3 aromatic rings. The van der Waals surface area contributed by atoms with E-state index in [-0.39, 0.29) is 5.91 Å². The molecular formula is C21H24N4O2S. The molecule has 4 rings (SSSR count). The van der Waals surface area contributed by atoms with Gasteiger partial charge in [-0.25, -0.2) is 4.98 Å². The number of aromatic nitrogens is 2.